The van der Waals surface area contributed by atoms with Crippen LogP contribution in [0.5, 0.6) is 0 Å². The third-order valence-electron chi connectivity index (χ3n) is 2.60. The lowest BCUT2D eigenvalue weighted by atomic mass is 10.0. The number of alkyl halides is 3. The summed E-state index contributed by atoms with van der Waals surface area (Å²) in [6, 6.07) is 8.64. The first-order valence-corrected chi connectivity index (χ1v) is 5.28. The summed E-state index contributed by atoms with van der Waals surface area (Å²) >= 11 is 0. The van der Waals surface area contributed by atoms with E-state index in [4.69, 9.17) is 5.73 Å². The zero-order valence-corrected chi connectivity index (χ0v) is 9.62. The Labute approximate surface area is 102 Å². The Morgan fingerprint density at radius 2 is 1.83 bits per heavy atom. The lowest BCUT2D eigenvalue weighted by Gasteiger charge is -2.11. The molecular formula is C13H11F3N2. The molecule has 2 aromatic rings. The minimum atomic E-state index is -4.33. The Bertz CT molecular complexity index is 577. The Morgan fingerprint density at radius 3 is 2.39 bits per heavy atom. The second-order valence-electron chi connectivity index (χ2n) is 3.98. The van der Waals surface area contributed by atoms with E-state index in [2.05, 4.69) is 4.98 Å². The van der Waals surface area contributed by atoms with Gasteiger partial charge in [-0.3, -0.25) is 0 Å². The first kappa shape index (κ1) is 12.4. The van der Waals surface area contributed by atoms with Crippen LogP contribution in [-0.2, 0) is 6.18 Å². The van der Waals surface area contributed by atoms with Crippen molar-refractivity contribution in [3.05, 3.63) is 47.5 Å². The molecule has 1 aromatic carbocycles. The molecule has 2 N–H and O–H groups in total. The number of aromatic nitrogens is 1. The number of anilines is 1. The summed E-state index contributed by atoms with van der Waals surface area (Å²) in [7, 11) is 0. The van der Waals surface area contributed by atoms with Gasteiger partial charge < -0.3 is 5.73 Å². The number of nitrogens with two attached hydrogens (primary N) is 1. The zero-order chi connectivity index (χ0) is 13.3. The van der Waals surface area contributed by atoms with Crippen molar-refractivity contribution in [1.82, 2.24) is 4.98 Å². The fraction of sp³-hybridized carbons (Fsp3) is 0.154. The molecule has 1 heterocycles. The largest absolute Gasteiger partial charge is 0.416 e. The van der Waals surface area contributed by atoms with Gasteiger partial charge in [0.05, 0.1) is 11.3 Å². The molecule has 1 aromatic heterocycles. The fourth-order valence-corrected chi connectivity index (χ4v) is 1.73. The number of halogens is 3. The summed E-state index contributed by atoms with van der Waals surface area (Å²) in [5, 5.41) is 0. The zero-order valence-electron chi connectivity index (χ0n) is 9.62. The molecule has 2 nitrogen and oxygen atoms in total. The molecule has 0 saturated heterocycles. The second kappa shape index (κ2) is 4.33. The Balaban J connectivity index is 2.48. The van der Waals surface area contributed by atoms with Gasteiger partial charge in [0.25, 0.3) is 0 Å². The molecule has 0 radical (unpaired) electrons. The number of rotatable bonds is 1. The predicted octanol–water partition coefficient (Wildman–Crippen LogP) is 3.66. The molecule has 2 rings (SSSR count). The van der Waals surface area contributed by atoms with Crippen LogP contribution in [0.15, 0.2) is 36.4 Å². The van der Waals surface area contributed by atoms with Gasteiger partial charge in [-0.25, -0.2) is 4.98 Å². The standard InChI is InChI=1S/C13H11F3N2/c1-8-7-9(13(14,15)16)5-6-10(8)11-3-2-4-12(17)18-11/h2-7H,1H3,(H2,17,18). The third-order valence-corrected chi connectivity index (χ3v) is 2.60. The van der Waals surface area contributed by atoms with Crippen LogP contribution in [0.25, 0.3) is 11.3 Å². The van der Waals surface area contributed by atoms with Crippen molar-refractivity contribution in [2.45, 2.75) is 13.1 Å². The number of nitrogen functional groups attached to an aromatic ring is 1. The highest BCUT2D eigenvalue weighted by Crippen LogP contribution is 2.32. The number of hydrogen-bond acceptors (Lipinski definition) is 2. The molecule has 94 valence electrons. The summed E-state index contributed by atoms with van der Waals surface area (Å²) in [5.74, 6) is 0.340. The Hall–Kier alpha value is -2.04. The topological polar surface area (TPSA) is 38.9 Å². The normalized spacial score (nSPS) is 11.6. The number of benzene rings is 1. The molecule has 0 aliphatic rings. The molecule has 0 spiro atoms. The highest BCUT2D eigenvalue weighted by atomic mass is 19.4. The van der Waals surface area contributed by atoms with Gasteiger partial charge in [0.2, 0.25) is 0 Å². The highest BCUT2D eigenvalue weighted by Gasteiger charge is 2.30. The smallest absolute Gasteiger partial charge is 0.384 e. The van der Waals surface area contributed by atoms with Crippen LogP contribution < -0.4 is 5.73 Å². The summed E-state index contributed by atoms with van der Waals surface area (Å²) in [6.07, 6.45) is -4.33. The van der Waals surface area contributed by atoms with Crippen LogP contribution in [0.4, 0.5) is 19.0 Å². The van der Waals surface area contributed by atoms with Crippen molar-refractivity contribution in [3.63, 3.8) is 0 Å². The first-order valence-electron chi connectivity index (χ1n) is 5.28. The average molecular weight is 252 g/mol. The van der Waals surface area contributed by atoms with Gasteiger partial charge in [0.15, 0.2) is 0 Å². The molecular weight excluding hydrogens is 241 g/mol. The molecule has 0 saturated carbocycles. The number of aryl methyl sites for hydroxylation is 1. The fourth-order valence-electron chi connectivity index (χ4n) is 1.73. The van der Waals surface area contributed by atoms with Gasteiger partial charge in [-0.1, -0.05) is 12.1 Å². The van der Waals surface area contributed by atoms with Crippen LogP contribution >= 0.6 is 0 Å². The van der Waals surface area contributed by atoms with Crippen LogP contribution in [0.3, 0.4) is 0 Å². The van der Waals surface area contributed by atoms with E-state index in [0.29, 0.717) is 22.6 Å². The van der Waals surface area contributed by atoms with Gasteiger partial charge in [0.1, 0.15) is 5.82 Å². The van der Waals surface area contributed by atoms with Crippen molar-refractivity contribution in [1.29, 1.82) is 0 Å². The van der Waals surface area contributed by atoms with E-state index < -0.39 is 11.7 Å². The summed E-state index contributed by atoms with van der Waals surface area (Å²) in [6.45, 7) is 1.62. The number of nitrogens with zero attached hydrogens (tertiary/aromatic N) is 1. The van der Waals surface area contributed by atoms with Crippen molar-refractivity contribution < 1.29 is 13.2 Å². The lowest BCUT2D eigenvalue weighted by Crippen LogP contribution is -2.05. The van der Waals surface area contributed by atoms with E-state index in [-0.39, 0.29) is 0 Å². The summed E-state index contributed by atoms with van der Waals surface area (Å²) in [5.41, 5.74) is 6.63. The highest BCUT2D eigenvalue weighted by molar-refractivity contribution is 5.65. The minimum Gasteiger partial charge on any atom is -0.384 e. The summed E-state index contributed by atoms with van der Waals surface area (Å²) in [4.78, 5) is 4.09. The van der Waals surface area contributed by atoms with E-state index in [1.807, 2.05) is 0 Å². The SMILES string of the molecule is Cc1cc(C(F)(F)F)ccc1-c1cccc(N)n1. The van der Waals surface area contributed by atoms with Gasteiger partial charge >= 0.3 is 6.18 Å². The Morgan fingerprint density at radius 1 is 1.11 bits per heavy atom. The average Bonchev–Trinajstić information content (AvgIpc) is 2.27. The maximum atomic E-state index is 12.5. The van der Waals surface area contributed by atoms with Crippen LogP contribution in [0.2, 0.25) is 0 Å². The van der Waals surface area contributed by atoms with E-state index >= 15 is 0 Å². The molecule has 0 fully saturated rings. The van der Waals surface area contributed by atoms with Crippen molar-refractivity contribution in [2.75, 3.05) is 5.73 Å². The maximum absolute atomic E-state index is 12.5. The van der Waals surface area contributed by atoms with E-state index in [1.165, 1.54) is 6.07 Å². The van der Waals surface area contributed by atoms with E-state index in [1.54, 1.807) is 25.1 Å². The first-order chi connectivity index (χ1) is 8.38. The molecule has 0 aliphatic heterocycles. The maximum Gasteiger partial charge on any atom is 0.416 e. The van der Waals surface area contributed by atoms with Crippen LogP contribution in [0.1, 0.15) is 11.1 Å². The van der Waals surface area contributed by atoms with Crippen molar-refractivity contribution >= 4 is 5.82 Å². The third kappa shape index (κ3) is 2.45. The molecule has 0 unspecified atom stereocenters. The molecule has 0 aliphatic carbocycles. The molecule has 0 bridgehead atoms. The van der Waals surface area contributed by atoms with Gasteiger partial charge in [-0.05, 0) is 36.8 Å². The quantitative estimate of drug-likeness (QED) is 0.841. The lowest BCUT2D eigenvalue weighted by molar-refractivity contribution is -0.137. The summed E-state index contributed by atoms with van der Waals surface area (Å²) < 4.78 is 37.6. The van der Waals surface area contributed by atoms with Crippen molar-refractivity contribution in [2.24, 2.45) is 0 Å². The molecule has 0 atom stereocenters. The van der Waals surface area contributed by atoms with Gasteiger partial charge in [0, 0.05) is 5.56 Å². The van der Waals surface area contributed by atoms with Crippen molar-refractivity contribution in [3.8, 4) is 11.3 Å². The second-order valence-corrected chi connectivity index (χ2v) is 3.98. The predicted molar refractivity (Wildman–Crippen MR) is 63.8 cm³/mol. The monoisotopic (exact) mass is 252 g/mol. The Kier molecular flexibility index (Phi) is 2.98. The molecule has 18 heavy (non-hydrogen) atoms. The van der Waals surface area contributed by atoms with Crippen LogP contribution in [-0.4, -0.2) is 4.98 Å². The van der Waals surface area contributed by atoms with E-state index in [0.717, 1.165) is 12.1 Å². The van der Waals surface area contributed by atoms with E-state index in [9.17, 15) is 13.2 Å². The molecule has 0 amide bonds. The molecule has 5 heteroatoms. The number of pyridine rings is 1. The van der Waals surface area contributed by atoms with Crippen LogP contribution in [0, 0.1) is 6.92 Å². The minimum absolute atomic E-state index is 0.340. The number of hydrogen-bond donors (Lipinski definition) is 1. The van der Waals surface area contributed by atoms with Gasteiger partial charge in [-0.15, -0.1) is 0 Å². The van der Waals surface area contributed by atoms with Gasteiger partial charge in [-0.2, -0.15) is 13.2 Å².